The van der Waals surface area contributed by atoms with Crippen LogP contribution >= 0.6 is 0 Å². The molecule has 0 saturated heterocycles. The number of phenols is 1. The highest BCUT2D eigenvalue weighted by Crippen LogP contribution is 2.40. The summed E-state index contributed by atoms with van der Waals surface area (Å²) in [5, 5.41) is 10.6. The van der Waals surface area contributed by atoms with Gasteiger partial charge in [0.05, 0.1) is 0 Å². The van der Waals surface area contributed by atoms with Crippen LogP contribution in [0.2, 0.25) is 0 Å². The van der Waals surface area contributed by atoms with Crippen molar-refractivity contribution in [2.45, 2.75) is 12.8 Å². The van der Waals surface area contributed by atoms with E-state index in [1.54, 1.807) is 12.1 Å². The molecule has 1 heterocycles. The number of aryl methyl sites for hydroxylation is 2. The third-order valence-electron chi connectivity index (χ3n) is 3.68. The van der Waals surface area contributed by atoms with Crippen LogP contribution in [0.25, 0.3) is 22.3 Å². The summed E-state index contributed by atoms with van der Waals surface area (Å²) >= 11 is 0. The molecule has 0 saturated carbocycles. The largest absolute Gasteiger partial charge is 0.508 e. The number of rotatable bonds is 0. The average Bonchev–Trinajstić information content (AvgIpc) is 2.76. The van der Waals surface area contributed by atoms with Gasteiger partial charge in [-0.2, -0.15) is 0 Å². The lowest BCUT2D eigenvalue weighted by molar-refractivity contribution is 0.474. The van der Waals surface area contributed by atoms with Crippen LogP contribution < -0.4 is 0 Å². The summed E-state index contributed by atoms with van der Waals surface area (Å²) in [6.07, 6.45) is 2.06. The van der Waals surface area contributed by atoms with Crippen molar-refractivity contribution in [2.75, 3.05) is 0 Å². The van der Waals surface area contributed by atoms with E-state index in [1.807, 2.05) is 12.1 Å². The number of benzene rings is 2. The number of hydrogen-bond donors (Lipinski definition) is 1. The van der Waals surface area contributed by atoms with E-state index in [-0.39, 0.29) is 5.75 Å². The maximum absolute atomic E-state index is 9.53. The number of aromatic hydroxyl groups is 1. The van der Waals surface area contributed by atoms with Crippen LogP contribution in [0.1, 0.15) is 11.1 Å². The molecule has 4 rings (SSSR count). The Hall–Kier alpha value is -2.22. The van der Waals surface area contributed by atoms with E-state index in [4.69, 9.17) is 4.42 Å². The van der Waals surface area contributed by atoms with Crippen molar-refractivity contribution < 1.29 is 9.52 Å². The van der Waals surface area contributed by atoms with Crippen molar-refractivity contribution in [1.29, 1.82) is 0 Å². The molecule has 0 radical (unpaired) electrons. The quantitative estimate of drug-likeness (QED) is 0.642. The SMILES string of the molecule is Oc1ccc2c3c(oc2c1)-c1ccccc1CC3. The second-order valence-electron chi connectivity index (χ2n) is 4.75. The van der Waals surface area contributed by atoms with Gasteiger partial charge in [0, 0.05) is 22.6 Å². The van der Waals surface area contributed by atoms with Gasteiger partial charge in [-0.1, -0.05) is 24.3 Å². The lowest BCUT2D eigenvalue weighted by Crippen LogP contribution is -2.01. The van der Waals surface area contributed by atoms with Crippen LogP contribution in [0.3, 0.4) is 0 Å². The maximum Gasteiger partial charge on any atom is 0.138 e. The minimum absolute atomic E-state index is 0.252. The van der Waals surface area contributed by atoms with Gasteiger partial charge in [-0.3, -0.25) is 0 Å². The van der Waals surface area contributed by atoms with E-state index in [0.717, 1.165) is 29.6 Å². The zero-order chi connectivity index (χ0) is 12.1. The summed E-state index contributed by atoms with van der Waals surface area (Å²) in [6.45, 7) is 0. The molecule has 1 aliphatic rings. The van der Waals surface area contributed by atoms with Crippen LogP contribution in [0.15, 0.2) is 46.9 Å². The number of fused-ring (bicyclic) bond motifs is 5. The summed E-state index contributed by atoms with van der Waals surface area (Å²) in [5.41, 5.74) is 4.57. The molecular formula is C16H12O2. The van der Waals surface area contributed by atoms with E-state index in [0.29, 0.717) is 0 Å². The van der Waals surface area contributed by atoms with E-state index in [9.17, 15) is 5.11 Å². The summed E-state index contributed by atoms with van der Waals surface area (Å²) in [5.74, 6) is 1.22. The molecule has 2 aromatic carbocycles. The average molecular weight is 236 g/mol. The molecule has 3 aromatic rings. The monoisotopic (exact) mass is 236 g/mol. The molecule has 0 unspecified atom stereocenters. The smallest absolute Gasteiger partial charge is 0.138 e. The molecule has 0 fully saturated rings. The molecule has 2 nitrogen and oxygen atoms in total. The van der Waals surface area contributed by atoms with E-state index in [2.05, 4.69) is 18.2 Å². The zero-order valence-electron chi connectivity index (χ0n) is 9.81. The molecule has 1 aliphatic carbocycles. The van der Waals surface area contributed by atoms with Crippen LogP contribution in [0, 0.1) is 0 Å². The van der Waals surface area contributed by atoms with E-state index < -0.39 is 0 Å². The van der Waals surface area contributed by atoms with Crippen LogP contribution in [0.4, 0.5) is 0 Å². The molecule has 1 N–H and O–H groups in total. The molecular weight excluding hydrogens is 224 g/mol. The minimum atomic E-state index is 0.252. The Bertz CT molecular complexity index is 753. The highest BCUT2D eigenvalue weighted by Gasteiger charge is 2.22. The number of hydrogen-bond acceptors (Lipinski definition) is 2. The topological polar surface area (TPSA) is 33.4 Å². The summed E-state index contributed by atoms with van der Waals surface area (Å²) in [7, 11) is 0. The lowest BCUT2D eigenvalue weighted by Gasteiger charge is -2.14. The Labute approximate surface area is 104 Å². The molecule has 1 aromatic heterocycles. The Balaban J connectivity index is 2.08. The Morgan fingerprint density at radius 3 is 2.83 bits per heavy atom. The molecule has 88 valence electrons. The van der Waals surface area contributed by atoms with Crippen molar-refractivity contribution in [3.8, 4) is 17.1 Å². The van der Waals surface area contributed by atoms with Crippen LogP contribution in [-0.4, -0.2) is 5.11 Å². The first-order chi connectivity index (χ1) is 8.83. The fourth-order valence-electron chi connectivity index (χ4n) is 2.82. The Kier molecular flexibility index (Phi) is 1.84. The van der Waals surface area contributed by atoms with Gasteiger partial charge < -0.3 is 9.52 Å². The lowest BCUT2D eigenvalue weighted by atomic mass is 9.89. The van der Waals surface area contributed by atoms with Crippen molar-refractivity contribution in [2.24, 2.45) is 0 Å². The number of furan rings is 1. The van der Waals surface area contributed by atoms with E-state index >= 15 is 0 Å². The van der Waals surface area contributed by atoms with Gasteiger partial charge in [0.25, 0.3) is 0 Å². The zero-order valence-corrected chi connectivity index (χ0v) is 9.81. The number of phenolic OH excluding ortho intramolecular Hbond substituents is 1. The van der Waals surface area contributed by atoms with Gasteiger partial charge in [0.15, 0.2) is 0 Å². The molecule has 0 bridgehead atoms. The second kappa shape index (κ2) is 3.39. The first kappa shape index (κ1) is 9.77. The molecule has 0 aliphatic heterocycles. The summed E-state index contributed by atoms with van der Waals surface area (Å²) in [6, 6.07) is 13.7. The van der Waals surface area contributed by atoms with Crippen molar-refractivity contribution in [1.82, 2.24) is 0 Å². The molecule has 0 amide bonds. The molecule has 0 spiro atoms. The third-order valence-corrected chi connectivity index (χ3v) is 3.68. The Morgan fingerprint density at radius 1 is 1.00 bits per heavy atom. The van der Waals surface area contributed by atoms with Gasteiger partial charge in [0.2, 0.25) is 0 Å². The third kappa shape index (κ3) is 1.23. The van der Waals surface area contributed by atoms with Crippen LogP contribution in [0.5, 0.6) is 5.75 Å². The predicted molar refractivity (Wildman–Crippen MR) is 70.7 cm³/mol. The first-order valence-corrected chi connectivity index (χ1v) is 6.15. The minimum Gasteiger partial charge on any atom is -0.508 e. The van der Waals surface area contributed by atoms with Gasteiger partial charge >= 0.3 is 0 Å². The van der Waals surface area contributed by atoms with Gasteiger partial charge in [-0.05, 0) is 30.5 Å². The normalized spacial score (nSPS) is 13.3. The van der Waals surface area contributed by atoms with Crippen molar-refractivity contribution in [3.05, 3.63) is 53.6 Å². The van der Waals surface area contributed by atoms with Crippen LogP contribution in [-0.2, 0) is 12.8 Å². The predicted octanol–water partition coefficient (Wildman–Crippen LogP) is 3.90. The van der Waals surface area contributed by atoms with Crippen molar-refractivity contribution >= 4 is 11.0 Å². The van der Waals surface area contributed by atoms with Crippen molar-refractivity contribution in [3.63, 3.8) is 0 Å². The standard InChI is InChI=1S/C16H12O2/c17-11-6-8-13-14-7-5-10-3-1-2-4-12(10)16(14)18-15(13)9-11/h1-4,6,8-9,17H,5,7H2. The van der Waals surface area contributed by atoms with E-state index in [1.165, 1.54) is 16.7 Å². The maximum atomic E-state index is 9.53. The highest BCUT2D eigenvalue weighted by atomic mass is 16.3. The van der Waals surface area contributed by atoms with Gasteiger partial charge in [-0.15, -0.1) is 0 Å². The molecule has 0 atom stereocenters. The highest BCUT2D eigenvalue weighted by molar-refractivity contribution is 5.90. The van der Waals surface area contributed by atoms with Gasteiger partial charge in [0.1, 0.15) is 17.1 Å². The molecule has 18 heavy (non-hydrogen) atoms. The first-order valence-electron chi connectivity index (χ1n) is 6.15. The fraction of sp³-hybridized carbons (Fsp3) is 0.125. The fourth-order valence-corrected chi connectivity index (χ4v) is 2.82. The summed E-state index contributed by atoms with van der Waals surface area (Å²) in [4.78, 5) is 0. The summed E-state index contributed by atoms with van der Waals surface area (Å²) < 4.78 is 5.94. The second-order valence-corrected chi connectivity index (χ2v) is 4.75. The van der Waals surface area contributed by atoms with Gasteiger partial charge in [-0.25, -0.2) is 0 Å². The Morgan fingerprint density at radius 2 is 1.89 bits per heavy atom. The molecule has 2 heteroatoms.